The largest absolute Gasteiger partial charge is 0.450 e. The zero-order chi connectivity index (χ0) is 22.3. The molecule has 1 amide bonds. The van der Waals surface area contributed by atoms with E-state index < -0.39 is 21.8 Å². The molecule has 1 aromatic heterocycles. The molecule has 1 fully saturated rings. The summed E-state index contributed by atoms with van der Waals surface area (Å²) in [5.74, 6) is -0.569. The molecule has 4 rings (SSSR count). The Morgan fingerprint density at radius 3 is 2.45 bits per heavy atom. The van der Waals surface area contributed by atoms with Gasteiger partial charge in [0.1, 0.15) is 5.58 Å². The Balaban J connectivity index is 1.77. The van der Waals surface area contributed by atoms with Gasteiger partial charge in [0.2, 0.25) is 0 Å². The Labute approximate surface area is 181 Å². The maximum absolute atomic E-state index is 13.5. The molecule has 0 N–H and O–H groups in total. The number of nitrogens with zero attached hydrogens (tertiary/aromatic N) is 1. The van der Waals surface area contributed by atoms with Crippen LogP contribution in [0.25, 0.3) is 11.0 Å². The molecule has 0 radical (unpaired) electrons. The molecule has 1 aliphatic rings. The first-order chi connectivity index (χ1) is 14.6. The quantitative estimate of drug-likeness (QED) is 0.621. The lowest BCUT2D eigenvalue weighted by atomic mass is 10.1. The molecule has 1 unspecified atom stereocenters. The highest BCUT2D eigenvalue weighted by atomic mass is 32.2. The Morgan fingerprint density at radius 1 is 1.10 bits per heavy atom. The molecule has 1 aliphatic heterocycles. The van der Waals surface area contributed by atoms with E-state index in [0.717, 1.165) is 22.3 Å². The van der Waals surface area contributed by atoms with Crippen LogP contribution in [0.5, 0.6) is 0 Å². The molecule has 0 bridgehead atoms. The lowest BCUT2D eigenvalue weighted by molar-refractivity contribution is 0.0648. The molecule has 1 atom stereocenters. The number of hydrogen-bond donors (Lipinski definition) is 0. The van der Waals surface area contributed by atoms with E-state index in [0.29, 0.717) is 17.4 Å². The van der Waals surface area contributed by atoms with E-state index in [-0.39, 0.29) is 29.2 Å². The van der Waals surface area contributed by atoms with Crippen LogP contribution < -0.4 is 5.43 Å². The third-order valence-electron chi connectivity index (χ3n) is 6.01. The summed E-state index contributed by atoms with van der Waals surface area (Å²) in [7, 11) is -3.20. The molecule has 3 aromatic rings. The van der Waals surface area contributed by atoms with Crippen LogP contribution in [0.15, 0.2) is 51.7 Å². The second kappa shape index (κ2) is 7.96. The van der Waals surface area contributed by atoms with Crippen molar-refractivity contribution in [3.05, 3.63) is 80.7 Å². The van der Waals surface area contributed by atoms with Crippen molar-refractivity contribution in [3.8, 4) is 0 Å². The first-order valence-electron chi connectivity index (χ1n) is 10.3. The van der Waals surface area contributed by atoms with Crippen LogP contribution in [0.2, 0.25) is 0 Å². The molecule has 7 heteroatoms. The molecule has 0 spiro atoms. The smallest absolute Gasteiger partial charge is 0.290 e. The Bertz CT molecular complexity index is 1320. The zero-order valence-corrected chi connectivity index (χ0v) is 18.7. The minimum absolute atomic E-state index is 0.0509. The van der Waals surface area contributed by atoms with Gasteiger partial charge in [-0.05, 0) is 49.9 Å². The number of benzene rings is 2. The lowest BCUT2D eigenvalue weighted by Crippen LogP contribution is -2.41. The van der Waals surface area contributed by atoms with Gasteiger partial charge in [-0.15, -0.1) is 0 Å². The van der Waals surface area contributed by atoms with Crippen molar-refractivity contribution in [2.75, 3.05) is 11.5 Å². The number of aryl methyl sites for hydroxylation is 3. The topological polar surface area (TPSA) is 84.7 Å². The minimum atomic E-state index is -3.20. The van der Waals surface area contributed by atoms with Crippen molar-refractivity contribution >= 4 is 26.7 Å². The third-order valence-corrected chi connectivity index (χ3v) is 7.76. The fourth-order valence-electron chi connectivity index (χ4n) is 3.98. The average molecular weight is 440 g/mol. The van der Waals surface area contributed by atoms with Crippen molar-refractivity contribution < 1.29 is 17.6 Å². The fraction of sp³-hybridized carbons (Fsp3) is 0.333. The number of fused-ring (bicyclic) bond motifs is 1. The van der Waals surface area contributed by atoms with Gasteiger partial charge >= 0.3 is 0 Å². The predicted molar refractivity (Wildman–Crippen MR) is 120 cm³/mol. The molecule has 162 valence electrons. The number of carbonyl (C=O) groups excluding carboxylic acids is 1. The van der Waals surface area contributed by atoms with Gasteiger partial charge < -0.3 is 9.32 Å². The van der Waals surface area contributed by atoms with E-state index in [1.165, 1.54) is 11.0 Å². The normalized spacial score (nSPS) is 17.7. The van der Waals surface area contributed by atoms with Gasteiger partial charge in [0, 0.05) is 18.7 Å². The number of hydrogen-bond acceptors (Lipinski definition) is 5. The summed E-state index contributed by atoms with van der Waals surface area (Å²) in [4.78, 5) is 27.7. The molecule has 31 heavy (non-hydrogen) atoms. The van der Waals surface area contributed by atoms with Crippen LogP contribution in [0.4, 0.5) is 0 Å². The van der Waals surface area contributed by atoms with Gasteiger partial charge in [-0.3, -0.25) is 9.59 Å². The average Bonchev–Trinajstić information content (AvgIpc) is 3.09. The van der Waals surface area contributed by atoms with Crippen molar-refractivity contribution in [3.63, 3.8) is 0 Å². The highest BCUT2D eigenvalue weighted by Crippen LogP contribution is 2.25. The summed E-state index contributed by atoms with van der Waals surface area (Å²) >= 11 is 0. The standard InChI is InChI=1S/C24H25NO5S/c1-15-4-7-18(8-5-15)13-25(19-10-11-31(28,29)14-19)24(27)22-12-21(26)20-9-6-16(2)17(3)23(20)30-22/h4-9,12,19H,10-11,13-14H2,1-3H3. The maximum Gasteiger partial charge on any atom is 0.290 e. The molecule has 2 heterocycles. The summed E-state index contributed by atoms with van der Waals surface area (Å²) < 4.78 is 30.1. The monoisotopic (exact) mass is 439 g/mol. The summed E-state index contributed by atoms with van der Waals surface area (Å²) in [5.41, 5.74) is 3.85. The molecular formula is C24H25NO5S. The minimum Gasteiger partial charge on any atom is -0.450 e. The van der Waals surface area contributed by atoms with E-state index in [1.807, 2.05) is 51.1 Å². The van der Waals surface area contributed by atoms with Crippen molar-refractivity contribution in [2.45, 2.75) is 39.8 Å². The van der Waals surface area contributed by atoms with E-state index in [9.17, 15) is 18.0 Å². The summed E-state index contributed by atoms with van der Waals surface area (Å²) in [6.07, 6.45) is 0.371. The highest BCUT2D eigenvalue weighted by Gasteiger charge is 2.36. The van der Waals surface area contributed by atoms with Crippen molar-refractivity contribution in [2.24, 2.45) is 0 Å². The van der Waals surface area contributed by atoms with Crippen LogP contribution in [-0.4, -0.2) is 36.8 Å². The Kier molecular flexibility index (Phi) is 5.47. The van der Waals surface area contributed by atoms with E-state index in [2.05, 4.69) is 0 Å². The van der Waals surface area contributed by atoms with Crippen LogP contribution >= 0.6 is 0 Å². The first-order valence-corrected chi connectivity index (χ1v) is 12.1. The second-order valence-electron chi connectivity index (χ2n) is 8.33. The van der Waals surface area contributed by atoms with Gasteiger partial charge in [-0.2, -0.15) is 0 Å². The van der Waals surface area contributed by atoms with Crippen LogP contribution in [-0.2, 0) is 16.4 Å². The van der Waals surface area contributed by atoms with Crippen molar-refractivity contribution in [1.29, 1.82) is 0 Å². The first kappa shape index (κ1) is 21.3. The molecule has 2 aromatic carbocycles. The fourth-order valence-corrected chi connectivity index (χ4v) is 5.71. The Hall–Kier alpha value is -2.93. The second-order valence-corrected chi connectivity index (χ2v) is 10.6. The highest BCUT2D eigenvalue weighted by molar-refractivity contribution is 7.91. The summed E-state index contributed by atoms with van der Waals surface area (Å²) in [5, 5.41) is 0.424. The Morgan fingerprint density at radius 2 is 1.81 bits per heavy atom. The lowest BCUT2D eigenvalue weighted by Gasteiger charge is -2.28. The van der Waals surface area contributed by atoms with Gasteiger partial charge in [0.05, 0.1) is 16.9 Å². The van der Waals surface area contributed by atoms with Crippen LogP contribution in [0.1, 0.15) is 39.2 Å². The number of carbonyl (C=O) groups is 1. The predicted octanol–water partition coefficient (Wildman–Crippen LogP) is 3.55. The van der Waals surface area contributed by atoms with Gasteiger partial charge in [-0.25, -0.2) is 8.42 Å². The van der Waals surface area contributed by atoms with E-state index in [1.54, 1.807) is 6.07 Å². The van der Waals surface area contributed by atoms with Gasteiger partial charge in [-0.1, -0.05) is 35.9 Å². The number of sulfone groups is 1. The summed E-state index contributed by atoms with van der Waals surface area (Å²) in [6, 6.07) is 12.0. The summed E-state index contributed by atoms with van der Waals surface area (Å²) in [6.45, 7) is 5.98. The zero-order valence-electron chi connectivity index (χ0n) is 17.8. The van der Waals surface area contributed by atoms with Gasteiger partial charge in [0.25, 0.3) is 5.91 Å². The number of amides is 1. The SMILES string of the molecule is Cc1ccc(CN(C(=O)c2cc(=O)c3ccc(C)c(C)c3o2)C2CCS(=O)(=O)C2)cc1. The molecular weight excluding hydrogens is 414 g/mol. The van der Waals surface area contributed by atoms with Crippen molar-refractivity contribution in [1.82, 2.24) is 4.90 Å². The molecule has 0 aliphatic carbocycles. The molecule has 1 saturated heterocycles. The van der Waals surface area contributed by atoms with Gasteiger partial charge in [0.15, 0.2) is 21.0 Å². The van der Waals surface area contributed by atoms with Crippen LogP contribution in [0.3, 0.4) is 0 Å². The van der Waals surface area contributed by atoms with E-state index in [4.69, 9.17) is 4.42 Å². The molecule has 0 saturated carbocycles. The third kappa shape index (κ3) is 4.28. The maximum atomic E-state index is 13.5. The van der Waals surface area contributed by atoms with E-state index >= 15 is 0 Å². The molecule has 6 nitrogen and oxygen atoms in total. The van der Waals surface area contributed by atoms with Crippen LogP contribution in [0, 0.1) is 20.8 Å². The number of rotatable bonds is 4.